The predicted octanol–water partition coefficient (Wildman–Crippen LogP) is 7.48. The van der Waals surface area contributed by atoms with E-state index in [1.807, 2.05) is 66.9 Å². The summed E-state index contributed by atoms with van der Waals surface area (Å²) in [4.78, 5) is 20.1. The number of fused-ring (bicyclic) bond motifs is 1. The van der Waals surface area contributed by atoms with Crippen LogP contribution in [0.25, 0.3) is 32.8 Å². The lowest BCUT2D eigenvalue weighted by Crippen LogP contribution is -2.23. The topological polar surface area (TPSA) is 80.0 Å². The maximum absolute atomic E-state index is 12.9. The Kier molecular flexibility index (Phi) is 8.62. The number of nitrogens with zero attached hydrogens (tertiary/aromatic N) is 3. The quantitative estimate of drug-likeness (QED) is 0.174. The molecule has 9 heteroatoms. The van der Waals surface area contributed by atoms with Crippen LogP contribution in [0.2, 0.25) is 0 Å². The van der Waals surface area contributed by atoms with Crippen LogP contribution >= 0.6 is 27.3 Å². The first-order valence-electron chi connectivity index (χ1n) is 13.1. The van der Waals surface area contributed by atoms with Crippen molar-refractivity contribution in [2.75, 3.05) is 24.6 Å². The van der Waals surface area contributed by atoms with Crippen molar-refractivity contribution in [2.24, 2.45) is 5.10 Å². The number of rotatable bonds is 9. The second kappa shape index (κ2) is 12.5. The largest absolute Gasteiger partial charge is 0.494 e. The van der Waals surface area contributed by atoms with Gasteiger partial charge in [-0.2, -0.15) is 0 Å². The van der Waals surface area contributed by atoms with Gasteiger partial charge in [0.2, 0.25) is 5.55 Å². The second-order valence-electron chi connectivity index (χ2n) is 8.89. The van der Waals surface area contributed by atoms with Crippen LogP contribution in [0, 0.1) is 0 Å². The number of amides is 1. The number of benzene rings is 3. The summed E-state index contributed by atoms with van der Waals surface area (Å²) in [5.74, 6) is 0.473. The van der Waals surface area contributed by atoms with Gasteiger partial charge in [0.1, 0.15) is 16.3 Å². The zero-order chi connectivity index (χ0) is 28.1. The van der Waals surface area contributed by atoms with Gasteiger partial charge in [-0.05, 0) is 91.3 Å². The Balaban J connectivity index is 1.58. The maximum atomic E-state index is 12.9. The number of aromatic nitrogens is 1. The summed E-state index contributed by atoms with van der Waals surface area (Å²) in [6.45, 7) is 8.59. The summed E-state index contributed by atoms with van der Waals surface area (Å²) in [6.07, 6.45) is 0. The van der Waals surface area contributed by atoms with Gasteiger partial charge in [0.25, 0.3) is 5.91 Å². The molecule has 3 aromatic carbocycles. The average molecular weight is 618 g/mol. The number of thiazole rings is 1. The molecule has 0 saturated carbocycles. The normalized spacial score (nSPS) is 11.6. The molecule has 0 unspecified atom stereocenters. The third-order valence-corrected chi connectivity index (χ3v) is 8.00. The molecule has 2 heterocycles. The fraction of sp³-hybridized carbons (Fsp3) is 0.194. The summed E-state index contributed by atoms with van der Waals surface area (Å²) in [7, 11) is 0. The summed E-state index contributed by atoms with van der Waals surface area (Å²) in [5.41, 5.74) is 7.65. The molecule has 204 valence electrons. The van der Waals surface area contributed by atoms with Crippen LogP contribution in [0.15, 0.2) is 92.2 Å². The Hall–Kier alpha value is -3.95. The fourth-order valence-corrected chi connectivity index (χ4v) is 5.66. The van der Waals surface area contributed by atoms with E-state index < -0.39 is 0 Å². The van der Waals surface area contributed by atoms with E-state index in [9.17, 15) is 4.79 Å². The lowest BCUT2D eigenvalue weighted by molar-refractivity contribution is 0.0950. The highest BCUT2D eigenvalue weighted by Gasteiger charge is 2.15. The van der Waals surface area contributed by atoms with Crippen LogP contribution in [-0.2, 0) is 0 Å². The highest BCUT2D eigenvalue weighted by Crippen LogP contribution is 2.31. The zero-order valence-electron chi connectivity index (χ0n) is 22.5. The van der Waals surface area contributed by atoms with Crippen molar-refractivity contribution in [3.05, 3.63) is 93.8 Å². The van der Waals surface area contributed by atoms with Crippen LogP contribution in [0.1, 0.15) is 31.1 Å². The van der Waals surface area contributed by atoms with Crippen LogP contribution in [-0.4, -0.2) is 30.6 Å². The van der Waals surface area contributed by atoms with Crippen LogP contribution in [0.4, 0.5) is 5.69 Å². The van der Waals surface area contributed by atoms with Crippen molar-refractivity contribution in [2.45, 2.75) is 20.8 Å². The van der Waals surface area contributed by atoms with Gasteiger partial charge >= 0.3 is 0 Å². The number of ether oxygens (including phenoxy) is 1. The van der Waals surface area contributed by atoms with E-state index in [1.165, 1.54) is 11.3 Å². The molecule has 0 radical (unpaired) electrons. The van der Waals surface area contributed by atoms with E-state index in [0.29, 0.717) is 27.8 Å². The third kappa shape index (κ3) is 5.95. The van der Waals surface area contributed by atoms with E-state index >= 15 is 0 Å². The minimum atomic E-state index is -0.347. The van der Waals surface area contributed by atoms with Gasteiger partial charge in [-0.1, -0.05) is 12.1 Å². The molecule has 5 rings (SSSR count). The minimum absolute atomic E-state index is 0.275. The first-order valence-corrected chi connectivity index (χ1v) is 14.8. The molecule has 40 heavy (non-hydrogen) atoms. The molecule has 0 spiro atoms. The molecule has 7 nitrogen and oxygen atoms in total. The standard InChI is InChI=1S/C31H29BrN4O3S/c1-4-36(5-2)22-14-11-21-17-25(31-33-27(19-40-31)20-12-15-23(16-13-20)38-6-3)30(39-28(21)18-22)35-34-29(37)24-9-7-8-10-26(24)32/h7-19H,4-6H2,1-3H3,(H,34,37)/b35-30-. The van der Waals surface area contributed by atoms with Gasteiger partial charge in [0.15, 0.2) is 0 Å². The van der Waals surface area contributed by atoms with Crippen molar-refractivity contribution in [1.29, 1.82) is 0 Å². The van der Waals surface area contributed by atoms with Gasteiger partial charge in [0, 0.05) is 45.6 Å². The molecular formula is C31H29BrN4O3S. The first kappa shape index (κ1) is 27.6. The number of anilines is 1. The minimum Gasteiger partial charge on any atom is -0.494 e. The van der Waals surface area contributed by atoms with Crippen LogP contribution in [0.3, 0.4) is 0 Å². The van der Waals surface area contributed by atoms with E-state index in [0.717, 1.165) is 46.2 Å². The van der Waals surface area contributed by atoms with Crippen LogP contribution in [0.5, 0.6) is 5.75 Å². The van der Waals surface area contributed by atoms with E-state index in [2.05, 4.69) is 51.3 Å². The Morgan fingerprint density at radius 3 is 2.55 bits per heavy atom. The molecule has 0 fully saturated rings. The Labute approximate surface area is 245 Å². The van der Waals surface area contributed by atoms with Crippen LogP contribution < -0.4 is 20.6 Å². The van der Waals surface area contributed by atoms with Gasteiger partial charge in [-0.3, -0.25) is 4.79 Å². The average Bonchev–Trinajstić information content (AvgIpc) is 3.47. The number of hydrogen-bond acceptors (Lipinski definition) is 7. The Morgan fingerprint density at radius 1 is 1.05 bits per heavy atom. The van der Waals surface area contributed by atoms with Gasteiger partial charge in [0.05, 0.1) is 23.4 Å². The highest BCUT2D eigenvalue weighted by molar-refractivity contribution is 9.10. The second-order valence-corrected chi connectivity index (χ2v) is 10.6. The summed E-state index contributed by atoms with van der Waals surface area (Å²) >= 11 is 4.93. The van der Waals surface area contributed by atoms with Gasteiger partial charge in [-0.25, -0.2) is 10.4 Å². The summed E-state index contributed by atoms with van der Waals surface area (Å²) < 4.78 is 12.6. The van der Waals surface area contributed by atoms with Gasteiger partial charge in [-0.15, -0.1) is 16.4 Å². The number of halogens is 1. The SMILES string of the molecule is CCOc1ccc(-c2csc(-c3cc4ccc(N(CC)CC)cc4o/c3=N\NC(=O)c3ccccc3Br)n2)cc1. The predicted molar refractivity (Wildman–Crippen MR) is 165 cm³/mol. The number of carbonyl (C=O) groups excluding carboxylic acids is 1. The van der Waals surface area contributed by atoms with Crippen molar-refractivity contribution in [3.63, 3.8) is 0 Å². The number of carbonyl (C=O) groups is 1. The third-order valence-electron chi connectivity index (χ3n) is 6.44. The zero-order valence-corrected chi connectivity index (χ0v) is 24.9. The molecule has 0 aliphatic heterocycles. The van der Waals surface area contributed by atoms with Crippen molar-refractivity contribution < 1.29 is 13.9 Å². The molecule has 0 aliphatic rings. The van der Waals surface area contributed by atoms with Crippen molar-refractivity contribution >= 4 is 49.8 Å². The van der Waals surface area contributed by atoms with Crippen molar-refractivity contribution in [1.82, 2.24) is 10.4 Å². The molecular weight excluding hydrogens is 588 g/mol. The van der Waals surface area contributed by atoms with E-state index in [1.54, 1.807) is 12.1 Å². The fourth-order valence-electron chi connectivity index (χ4n) is 4.35. The summed E-state index contributed by atoms with van der Waals surface area (Å²) in [5, 5.41) is 8.08. The lowest BCUT2D eigenvalue weighted by atomic mass is 10.1. The molecule has 2 aromatic heterocycles. The molecule has 0 aliphatic carbocycles. The van der Waals surface area contributed by atoms with Gasteiger partial charge < -0.3 is 14.1 Å². The molecule has 0 bridgehead atoms. The Bertz CT molecular complexity index is 1710. The number of hydrogen-bond donors (Lipinski definition) is 1. The summed E-state index contributed by atoms with van der Waals surface area (Å²) in [6, 6.07) is 23.2. The monoisotopic (exact) mass is 616 g/mol. The van der Waals surface area contributed by atoms with Crippen molar-refractivity contribution in [3.8, 4) is 27.6 Å². The number of nitrogens with one attached hydrogen (secondary N) is 1. The molecule has 1 N–H and O–H groups in total. The van der Waals surface area contributed by atoms with E-state index in [4.69, 9.17) is 14.1 Å². The maximum Gasteiger partial charge on any atom is 0.272 e. The molecule has 0 atom stereocenters. The molecule has 5 aromatic rings. The smallest absolute Gasteiger partial charge is 0.272 e. The Morgan fingerprint density at radius 2 is 1.82 bits per heavy atom. The lowest BCUT2D eigenvalue weighted by Gasteiger charge is -2.21. The first-order chi connectivity index (χ1) is 19.5. The molecule has 1 amide bonds. The van der Waals surface area contributed by atoms with E-state index in [-0.39, 0.29) is 11.5 Å². The molecule has 0 saturated heterocycles. The highest BCUT2D eigenvalue weighted by atomic mass is 79.9.